The Labute approximate surface area is 74.8 Å². The summed E-state index contributed by atoms with van der Waals surface area (Å²) in [6.45, 7) is 1.74. The summed E-state index contributed by atoms with van der Waals surface area (Å²) in [4.78, 5) is 15.1. The molecule has 3 nitrogen and oxygen atoms in total. The number of hydrogen-bond acceptors (Lipinski definition) is 3. The van der Waals surface area contributed by atoms with Crippen molar-refractivity contribution in [3.8, 4) is 12.3 Å². The Hall–Kier alpha value is -1.34. The average molecular weight is 180 g/mol. The zero-order chi connectivity index (χ0) is 8.97. The minimum absolute atomic E-state index is 0.221. The molecule has 12 heavy (non-hydrogen) atoms. The van der Waals surface area contributed by atoms with Crippen molar-refractivity contribution in [1.82, 2.24) is 10.3 Å². The zero-order valence-electron chi connectivity index (χ0n) is 6.57. The number of rotatable bonds is 2. The number of nitrogens with zero attached hydrogens (tertiary/aromatic N) is 1. The summed E-state index contributed by atoms with van der Waals surface area (Å²) in [6.07, 6.45) is 5.09. The monoisotopic (exact) mass is 180 g/mol. The van der Waals surface area contributed by atoms with Crippen LogP contribution >= 0.6 is 11.3 Å². The first-order chi connectivity index (χ1) is 5.74. The van der Waals surface area contributed by atoms with Crippen molar-refractivity contribution in [3.05, 3.63) is 16.6 Å². The maximum atomic E-state index is 11.2. The number of hydrogen-bond donors (Lipinski definition) is 1. The maximum Gasteiger partial charge on any atom is 0.271 e. The summed E-state index contributed by atoms with van der Waals surface area (Å²) in [7, 11) is 0. The van der Waals surface area contributed by atoms with Crippen molar-refractivity contribution in [2.45, 2.75) is 13.0 Å². The molecule has 0 fully saturated rings. The largest absolute Gasteiger partial charge is 0.337 e. The summed E-state index contributed by atoms with van der Waals surface area (Å²) in [5, 5.41) is 4.28. The molecular weight excluding hydrogens is 172 g/mol. The number of terminal acetylenes is 1. The molecule has 1 unspecified atom stereocenters. The van der Waals surface area contributed by atoms with Crippen molar-refractivity contribution in [3.63, 3.8) is 0 Å². The van der Waals surface area contributed by atoms with Crippen molar-refractivity contribution >= 4 is 17.2 Å². The zero-order valence-corrected chi connectivity index (χ0v) is 7.39. The third-order valence-corrected chi connectivity index (χ3v) is 1.85. The summed E-state index contributed by atoms with van der Waals surface area (Å²) in [5.74, 6) is 2.18. The van der Waals surface area contributed by atoms with Gasteiger partial charge in [-0.15, -0.1) is 17.8 Å². The highest BCUT2D eigenvalue weighted by Crippen LogP contribution is 2.00. The van der Waals surface area contributed by atoms with E-state index in [1.54, 1.807) is 17.8 Å². The molecule has 0 aliphatic heterocycles. The Morgan fingerprint density at radius 2 is 2.67 bits per heavy atom. The van der Waals surface area contributed by atoms with Gasteiger partial charge in [0.15, 0.2) is 0 Å². The molecule has 1 aromatic rings. The smallest absolute Gasteiger partial charge is 0.271 e. The van der Waals surface area contributed by atoms with Gasteiger partial charge in [0.25, 0.3) is 5.91 Å². The predicted octanol–water partition coefficient (Wildman–Crippen LogP) is 0.895. The lowest BCUT2D eigenvalue weighted by Gasteiger charge is -2.04. The van der Waals surface area contributed by atoms with Gasteiger partial charge >= 0.3 is 0 Å². The standard InChI is InChI=1S/C8H8N2OS/c1-3-6(2)10-8(11)7-4-12-5-9-7/h1,4-6H,2H3,(H,10,11). The Kier molecular flexibility index (Phi) is 2.83. The molecule has 4 heteroatoms. The van der Waals surface area contributed by atoms with E-state index in [0.29, 0.717) is 5.69 Å². The van der Waals surface area contributed by atoms with Gasteiger partial charge in [0.2, 0.25) is 0 Å². The quantitative estimate of drug-likeness (QED) is 0.687. The van der Waals surface area contributed by atoms with Crippen LogP contribution in [0.1, 0.15) is 17.4 Å². The first-order valence-electron chi connectivity index (χ1n) is 3.39. The summed E-state index contributed by atoms with van der Waals surface area (Å²) < 4.78 is 0. The van der Waals surface area contributed by atoms with Crippen LogP contribution in [0, 0.1) is 12.3 Å². The van der Waals surface area contributed by atoms with E-state index in [-0.39, 0.29) is 11.9 Å². The molecule has 1 atom stereocenters. The van der Waals surface area contributed by atoms with E-state index in [9.17, 15) is 4.79 Å². The molecule has 0 saturated carbocycles. The highest BCUT2D eigenvalue weighted by Gasteiger charge is 2.08. The van der Waals surface area contributed by atoms with Crippen molar-refractivity contribution < 1.29 is 4.79 Å². The van der Waals surface area contributed by atoms with Crippen LogP contribution in [0.15, 0.2) is 10.9 Å². The van der Waals surface area contributed by atoms with Gasteiger partial charge in [0.1, 0.15) is 5.69 Å². The predicted molar refractivity (Wildman–Crippen MR) is 47.9 cm³/mol. The molecule has 0 aromatic carbocycles. The molecule has 1 rings (SSSR count). The van der Waals surface area contributed by atoms with Gasteiger partial charge in [-0.1, -0.05) is 5.92 Å². The fourth-order valence-corrected chi connectivity index (χ4v) is 1.17. The molecular formula is C8H8N2OS. The van der Waals surface area contributed by atoms with Crippen LogP contribution in [0.25, 0.3) is 0 Å². The van der Waals surface area contributed by atoms with Crippen molar-refractivity contribution in [2.24, 2.45) is 0 Å². The van der Waals surface area contributed by atoms with Crippen LogP contribution in [-0.2, 0) is 0 Å². The van der Waals surface area contributed by atoms with Gasteiger partial charge in [0.05, 0.1) is 11.6 Å². The van der Waals surface area contributed by atoms with E-state index in [1.807, 2.05) is 0 Å². The number of carbonyl (C=O) groups excluding carboxylic acids is 1. The van der Waals surface area contributed by atoms with Gasteiger partial charge < -0.3 is 5.32 Å². The first kappa shape index (κ1) is 8.75. The van der Waals surface area contributed by atoms with Crippen LogP contribution in [0.2, 0.25) is 0 Å². The van der Waals surface area contributed by atoms with Gasteiger partial charge in [-0.05, 0) is 6.92 Å². The van der Waals surface area contributed by atoms with Gasteiger partial charge in [0, 0.05) is 5.38 Å². The molecule has 0 saturated heterocycles. The molecule has 1 aromatic heterocycles. The van der Waals surface area contributed by atoms with Gasteiger partial charge in [-0.3, -0.25) is 4.79 Å². The average Bonchev–Trinajstić information content (AvgIpc) is 2.56. The number of thiazole rings is 1. The Balaban J connectivity index is 2.57. The third kappa shape index (κ3) is 2.07. The minimum atomic E-state index is -0.251. The first-order valence-corrected chi connectivity index (χ1v) is 4.33. The van der Waals surface area contributed by atoms with E-state index in [1.165, 1.54) is 11.3 Å². The van der Waals surface area contributed by atoms with E-state index < -0.39 is 0 Å². The van der Waals surface area contributed by atoms with E-state index in [0.717, 1.165) is 0 Å². The van der Waals surface area contributed by atoms with Crippen LogP contribution < -0.4 is 5.32 Å². The maximum absolute atomic E-state index is 11.2. The number of aromatic nitrogens is 1. The van der Waals surface area contributed by atoms with Gasteiger partial charge in [-0.2, -0.15) is 0 Å². The second-order valence-corrected chi connectivity index (χ2v) is 2.95. The van der Waals surface area contributed by atoms with Crippen molar-refractivity contribution in [1.29, 1.82) is 0 Å². The molecule has 62 valence electrons. The lowest BCUT2D eigenvalue weighted by molar-refractivity contribution is 0.0944. The van der Waals surface area contributed by atoms with E-state index >= 15 is 0 Å². The van der Waals surface area contributed by atoms with Crippen LogP contribution in [0.4, 0.5) is 0 Å². The second-order valence-electron chi connectivity index (χ2n) is 2.24. The molecule has 1 heterocycles. The fraction of sp³-hybridized carbons (Fsp3) is 0.250. The molecule has 0 radical (unpaired) electrons. The highest BCUT2D eigenvalue weighted by molar-refractivity contribution is 7.07. The third-order valence-electron chi connectivity index (χ3n) is 1.26. The summed E-state index contributed by atoms with van der Waals surface area (Å²) in [5.41, 5.74) is 2.03. The fourth-order valence-electron chi connectivity index (χ4n) is 0.637. The number of carbonyl (C=O) groups is 1. The highest BCUT2D eigenvalue weighted by atomic mass is 32.1. The minimum Gasteiger partial charge on any atom is -0.337 e. The normalized spacial score (nSPS) is 11.7. The van der Waals surface area contributed by atoms with E-state index in [2.05, 4.69) is 16.2 Å². The Morgan fingerprint density at radius 3 is 3.17 bits per heavy atom. The molecule has 0 bridgehead atoms. The second kappa shape index (κ2) is 3.88. The summed E-state index contributed by atoms with van der Waals surface area (Å²) in [6, 6.07) is -0.251. The Morgan fingerprint density at radius 1 is 1.92 bits per heavy atom. The molecule has 0 aliphatic carbocycles. The SMILES string of the molecule is C#CC(C)NC(=O)c1cscn1. The van der Waals surface area contributed by atoms with E-state index in [4.69, 9.17) is 6.42 Å². The lowest BCUT2D eigenvalue weighted by Crippen LogP contribution is -2.31. The van der Waals surface area contributed by atoms with Crippen LogP contribution in [0.5, 0.6) is 0 Å². The molecule has 0 aliphatic rings. The van der Waals surface area contributed by atoms with Crippen molar-refractivity contribution in [2.75, 3.05) is 0 Å². The van der Waals surface area contributed by atoms with Gasteiger partial charge in [-0.25, -0.2) is 4.98 Å². The Bertz CT molecular complexity index is 299. The molecule has 1 N–H and O–H groups in total. The lowest BCUT2D eigenvalue weighted by atomic mass is 10.3. The summed E-state index contributed by atoms with van der Waals surface area (Å²) >= 11 is 1.38. The molecule has 0 spiro atoms. The topological polar surface area (TPSA) is 42.0 Å². The number of nitrogens with one attached hydrogen (secondary N) is 1. The van der Waals surface area contributed by atoms with Crippen LogP contribution in [0.3, 0.4) is 0 Å². The molecule has 1 amide bonds. The van der Waals surface area contributed by atoms with Crippen LogP contribution in [-0.4, -0.2) is 16.9 Å². The number of amides is 1.